The highest BCUT2D eigenvalue weighted by Crippen LogP contribution is 2.34. The second-order valence-corrected chi connectivity index (χ2v) is 12.2. The van der Waals surface area contributed by atoms with E-state index in [4.69, 9.17) is 18.9 Å². The van der Waals surface area contributed by atoms with Crippen molar-refractivity contribution >= 4 is 62.0 Å². The Morgan fingerprint density at radius 1 is 0.854 bits per heavy atom. The van der Waals surface area contributed by atoms with Crippen LogP contribution in [0.2, 0.25) is 0 Å². The first-order chi connectivity index (χ1) is 23.0. The highest BCUT2D eigenvalue weighted by atomic mass is 127. The highest BCUT2D eigenvalue weighted by molar-refractivity contribution is 14.1. The van der Waals surface area contributed by atoms with E-state index in [9.17, 15) is 24.0 Å². The Labute approximate surface area is 286 Å². The number of rotatable bonds is 9. The Morgan fingerprint density at radius 2 is 1.48 bits per heavy atom. The zero-order valence-corrected chi connectivity index (χ0v) is 28.2. The molecule has 48 heavy (non-hydrogen) atoms. The number of esters is 3. The van der Waals surface area contributed by atoms with E-state index in [0.717, 1.165) is 56.2 Å². The molecule has 1 aliphatic heterocycles. The van der Waals surface area contributed by atoms with Crippen LogP contribution in [-0.4, -0.2) is 67.0 Å². The van der Waals surface area contributed by atoms with Crippen LogP contribution in [-0.2, 0) is 46.4 Å². The van der Waals surface area contributed by atoms with Gasteiger partial charge in [-0.1, -0.05) is 53.7 Å². The first-order valence-electron chi connectivity index (χ1n) is 14.9. The maximum atomic E-state index is 13.9. The van der Waals surface area contributed by atoms with Crippen molar-refractivity contribution in [3.63, 3.8) is 0 Å². The van der Waals surface area contributed by atoms with Crippen LogP contribution in [0.4, 0.5) is 0 Å². The van der Waals surface area contributed by atoms with E-state index in [-0.39, 0.29) is 13.2 Å². The average molecular weight is 768 g/mol. The van der Waals surface area contributed by atoms with Crippen LogP contribution in [0, 0.1) is 3.70 Å². The number of hydrogen-bond donors (Lipinski definition) is 0. The maximum absolute atomic E-state index is 13.9. The summed E-state index contributed by atoms with van der Waals surface area (Å²) in [7, 11) is 0. The predicted octanol–water partition coefficient (Wildman–Crippen LogP) is 2.93. The quantitative estimate of drug-likeness (QED) is 0.0939. The van der Waals surface area contributed by atoms with E-state index in [2.05, 4.69) is 63.2 Å². The van der Waals surface area contributed by atoms with Gasteiger partial charge in [0.15, 0.2) is 18.4 Å². The molecule has 2 aromatic heterocycles. The van der Waals surface area contributed by atoms with Gasteiger partial charge in [0.2, 0.25) is 0 Å². The Hall–Kier alpha value is -4.90. The number of nitrogens with zero attached hydrogens (tertiary/aromatic N) is 5. The van der Waals surface area contributed by atoms with Gasteiger partial charge in [-0.05, 0) is 55.8 Å². The number of fused-ring (bicyclic) bond motifs is 2. The van der Waals surface area contributed by atoms with Gasteiger partial charge in [-0.15, -0.1) is 5.10 Å². The van der Waals surface area contributed by atoms with Crippen molar-refractivity contribution in [2.45, 2.75) is 58.4 Å². The number of benzene rings is 3. The van der Waals surface area contributed by atoms with Crippen LogP contribution in [0.3, 0.4) is 0 Å². The Morgan fingerprint density at radius 3 is 2.10 bits per heavy atom. The van der Waals surface area contributed by atoms with Gasteiger partial charge in [0, 0.05) is 33.0 Å². The summed E-state index contributed by atoms with van der Waals surface area (Å²) in [6.07, 6.45) is -3.71. The molecule has 0 saturated carbocycles. The molecule has 14 nitrogen and oxygen atoms in total. The lowest BCUT2D eigenvalue weighted by molar-refractivity contribution is -0.166. The zero-order chi connectivity index (χ0) is 34.1. The molecule has 4 unspecified atom stereocenters. The van der Waals surface area contributed by atoms with Crippen LogP contribution in [0.25, 0.3) is 21.5 Å². The topological polar surface area (TPSA) is 163 Å². The molecule has 4 atom stereocenters. The number of carbonyl (C=O) groups excluding carboxylic acids is 3. The molecule has 0 spiro atoms. The fraction of sp³-hybridized carbons (Fsp3) is 0.303. The lowest BCUT2D eigenvalue weighted by Gasteiger charge is -2.24. The van der Waals surface area contributed by atoms with Crippen molar-refractivity contribution in [1.82, 2.24) is 24.1 Å². The molecule has 0 aliphatic carbocycles. The third-order valence-corrected chi connectivity index (χ3v) is 9.13. The van der Waals surface area contributed by atoms with E-state index < -0.39 is 53.7 Å². The smallest absolute Gasteiger partial charge is 0.333 e. The Kier molecular flexibility index (Phi) is 9.41. The van der Waals surface area contributed by atoms with Crippen LogP contribution in [0.15, 0.2) is 76.4 Å². The van der Waals surface area contributed by atoms with Gasteiger partial charge in [-0.3, -0.25) is 28.3 Å². The monoisotopic (exact) mass is 767 g/mol. The second kappa shape index (κ2) is 13.7. The fourth-order valence-electron chi connectivity index (χ4n) is 5.90. The summed E-state index contributed by atoms with van der Waals surface area (Å²) in [4.78, 5) is 62.5. The molecular formula is C33H30IN5O9. The standard InChI is InChI=1S/C33H30IN5O9/c1-18(40)45-17-27-29(46-19(2)41)30(47-20(3)42)32(48-27)37-13-12-28(43)38(33(37)44)16-26-31(34)39(36-35-26)15-25-23-10-6-4-8-21(23)14-22-9-5-7-11-24(22)25/h4-14,27,29-30,32H,15-17H2,1-3H3. The molecule has 248 valence electrons. The van der Waals surface area contributed by atoms with Gasteiger partial charge in [0.25, 0.3) is 5.56 Å². The van der Waals surface area contributed by atoms with Crippen molar-refractivity contribution in [2.75, 3.05) is 6.61 Å². The van der Waals surface area contributed by atoms with Gasteiger partial charge < -0.3 is 18.9 Å². The van der Waals surface area contributed by atoms with Crippen LogP contribution < -0.4 is 11.2 Å². The Bertz CT molecular complexity index is 2120. The molecule has 1 aliphatic rings. The molecule has 0 N–H and O–H groups in total. The maximum Gasteiger partial charge on any atom is 0.333 e. The van der Waals surface area contributed by atoms with Gasteiger partial charge in [0.1, 0.15) is 22.1 Å². The molecule has 15 heteroatoms. The first kappa shape index (κ1) is 33.0. The predicted molar refractivity (Wildman–Crippen MR) is 179 cm³/mol. The van der Waals surface area contributed by atoms with Gasteiger partial charge in [-0.25, -0.2) is 9.48 Å². The van der Waals surface area contributed by atoms with Crippen molar-refractivity contribution in [2.24, 2.45) is 0 Å². The SMILES string of the molecule is CC(=O)OCC1OC(n2ccc(=O)n(Cc3nnn(Cc4c5ccccc5cc5ccccc45)c3I)c2=O)C(OC(C)=O)C1OC(C)=O. The van der Waals surface area contributed by atoms with Crippen molar-refractivity contribution in [3.05, 3.63) is 103 Å². The summed E-state index contributed by atoms with van der Waals surface area (Å²) in [5.74, 6) is -2.05. The number of ether oxygens (including phenoxy) is 4. The summed E-state index contributed by atoms with van der Waals surface area (Å²) < 4.78 is 26.3. The number of hydrogen-bond acceptors (Lipinski definition) is 11. The van der Waals surface area contributed by atoms with Crippen molar-refractivity contribution in [1.29, 1.82) is 0 Å². The third kappa shape index (κ3) is 6.60. The van der Waals surface area contributed by atoms with Crippen molar-refractivity contribution in [3.8, 4) is 0 Å². The molecule has 1 fully saturated rings. The molecule has 6 rings (SSSR count). The summed E-state index contributed by atoms with van der Waals surface area (Å²) in [5.41, 5.74) is 0.0192. The van der Waals surface area contributed by atoms with Crippen LogP contribution >= 0.6 is 22.6 Å². The van der Waals surface area contributed by atoms with E-state index in [1.807, 2.05) is 24.3 Å². The summed E-state index contributed by atoms with van der Waals surface area (Å²) in [6.45, 7) is 3.33. The minimum atomic E-state index is -1.33. The summed E-state index contributed by atoms with van der Waals surface area (Å²) >= 11 is 2.10. The summed E-state index contributed by atoms with van der Waals surface area (Å²) in [5, 5.41) is 13.0. The molecule has 1 saturated heterocycles. The van der Waals surface area contributed by atoms with Crippen LogP contribution in [0.5, 0.6) is 0 Å². The van der Waals surface area contributed by atoms with E-state index in [1.165, 1.54) is 13.1 Å². The number of aromatic nitrogens is 5. The fourth-order valence-corrected chi connectivity index (χ4v) is 6.45. The Balaban J connectivity index is 1.34. The molecule has 0 bridgehead atoms. The van der Waals surface area contributed by atoms with E-state index in [1.54, 1.807) is 4.68 Å². The molecule has 0 amide bonds. The third-order valence-electron chi connectivity index (χ3n) is 7.95. The molecule has 0 radical (unpaired) electrons. The van der Waals surface area contributed by atoms with E-state index >= 15 is 0 Å². The molecule has 5 aromatic rings. The second-order valence-electron chi connectivity index (χ2n) is 11.2. The molecule has 3 aromatic carbocycles. The largest absolute Gasteiger partial charge is 0.463 e. The van der Waals surface area contributed by atoms with Gasteiger partial charge >= 0.3 is 23.6 Å². The van der Waals surface area contributed by atoms with Gasteiger partial charge in [0.05, 0.1) is 13.1 Å². The normalized spacial score (nSPS) is 19.0. The summed E-state index contributed by atoms with van der Waals surface area (Å²) in [6, 6.07) is 19.5. The lowest BCUT2D eigenvalue weighted by atomic mass is 9.97. The number of carbonyl (C=O) groups is 3. The minimum absolute atomic E-state index is 0.220. The molecule has 3 heterocycles. The van der Waals surface area contributed by atoms with E-state index in [0.29, 0.717) is 15.9 Å². The van der Waals surface area contributed by atoms with Crippen LogP contribution in [0.1, 0.15) is 38.3 Å². The van der Waals surface area contributed by atoms with Crippen molar-refractivity contribution < 1.29 is 33.3 Å². The number of halogens is 1. The molecular weight excluding hydrogens is 737 g/mol. The zero-order valence-electron chi connectivity index (χ0n) is 26.1. The lowest BCUT2D eigenvalue weighted by Crippen LogP contribution is -2.45. The van der Waals surface area contributed by atoms with Gasteiger partial charge in [-0.2, -0.15) is 0 Å². The highest BCUT2D eigenvalue weighted by Gasteiger charge is 2.51. The minimum Gasteiger partial charge on any atom is -0.463 e. The first-order valence-corrected chi connectivity index (χ1v) is 16.0. The average Bonchev–Trinajstić information content (AvgIpc) is 3.55.